The predicted octanol–water partition coefficient (Wildman–Crippen LogP) is 1.91. The number of halogens is 3. The third kappa shape index (κ3) is 2.96. The van der Waals surface area contributed by atoms with Gasteiger partial charge in [0.25, 0.3) is 9.84 Å². The van der Waals surface area contributed by atoms with Crippen LogP contribution in [0, 0.1) is 0 Å². The van der Waals surface area contributed by atoms with Gasteiger partial charge in [0.2, 0.25) is 0 Å². The first-order valence-corrected chi connectivity index (χ1v) is 5.73. The van der Waals surface area contributed by atoms with Crippen molar-refractivity contribution in [3.8, 4) is 5.75 Å². The van der Waals surface area contributed by atoms with Crippen molar-refractivity contribution in [3.05, 3.63) is 24.3 Å². The van der Waals surface area contributed by atoms with Crippen LogP contribution in [0.4, 0.5) is 13.2 Å². The first-order valence-electron chi connectivity index (χ1n) is 4.24. The third-order valence-electron chi connectivity index (χ3n) is 1.70. The van der Waals surface area contributed by atoms with Crippen LogP contribution in [-0.4, -0.2) is 19.9 Å². The molecule has 0 atom stereocenters. The van der Waals surface area contributed by atoms with E-state index >= 15 is 0 Å². The number of sulfone groups is 1. The summed E-state index contributed by atoms with van der Waals surface area (Å²) >= 11 is 0. The lowest BCUT2D eigenvalue weighted by molar-refractivity contribution is -0.131. The molecule has 0 aromatic heterocycles. The predicted molar refractivity (Wildman–Crippen MR) is 51.0 cm³/mol. The number of ether oxygens (including phenoxy) is 1. The van der Waals surface area contributed by atoms with Crippen molar-refractivity contribution in [3.63, 3.8) is 0 Å². The highest BCUT2D eigenvalue weighted by atomic mass is 32.2. The average Bonchev–Trinajstić information content (AvgIpc) is 2.15. The minimum atomic E-state index is -5.36. The summed E-state index contributed by atoms with van der Waals surface area (Å²) in [7, 11) is -5.36. The van der Waals surface area contributed by atoms with E-state index in [-0.39, 0.29) is 5.75 Å². The van der Waals surface area contributed by atoms with Gasteiger partial charge in [0.1, 0.15) is 5.75 Å². The second kappa shape index (κ2) is 4.36. The summed E-state index contributed by atoms with van der Waals surface area (Å²) in [5.74, 6) is -0.685. The molecule has 0 saturated heterocycles. The van der Waals surface area contributed by atoms with Gasteiger partial charge in [-0.05, 0) is 24.3 Å². The topological polar surface area (TPSA) is 60.4 Å². The fourth-order valence-electron chi connectivity index (χ4n) is 0.986. The normalized spacial score (nSPS) is 12.2. The van der Waals surface area contributed by atoms with E-state index < -0.39 is 26.2 Å². The van der Waals surface area contributed by atoms with Gasteiger partial charge in [-0.3, -0.25) is 4.79 Å². The molecule has 0 amide bonds. The molecule has 1 rings (SSSR count). The number of esters is 1. The van der Waals surface area contributed by atoms with E-state index in [0.717, 1.165) is 31.2 Å². The van der Waals surface area contributed by atoms with Crippen molar-refractivity contribution in [1.82, 2.24) is 0 Å². The van der Waals surface area contributed by atoms with E-state index in [1.54, 1.807) is 0 Å². The van der Waals surface area contributed by atoms with Crippen LogP contribution in [0.3, 0.4) is 0 Å². The Balaban J connectivity index is 3.08. The van der Waals surface area contributed by atoms with Crippen molar-refractivity contribution in [2.24, 2.45) is 0 Å². The smallest absolute Gasteiger partial charge is 0.427 e. The summed E-state index contributed by atoms with van der Waals surface area (Å²) in [6.45, 7) is 1.11. The van der Waals surface area contributed by atoms with Crippen molar-refractivity contribution >= 4 is 15.8 Å². The molecule has 0 radical (unpaired) electrons. The van der Waals surface area contributed by atoms with Crippen LogP contribution in [0.2, 0.25) is 0 Å². The number of alkyl halides is 3. The molecular weight excluding hydrogens is 261 g/mol. The molecule has 0 fully saturated rings. The Morgan fingerprint density at radius 3 is 2.00 bits per heavy atom. The molecule has 0 bridgehead atoms. The van der Waals surface area contributed by atoms with Crippen LogP contribution >= 0.6 is 0 Å². The van der Waals surface area contributed by atoms with Crippen molar-refractivity contribution in [2.75, 3.05) is 0 Å². The second-order valence-corrected chi connectivity index (χ2v) is 4.96. The van der Waals surface area contributed by atoms with E-state index in [1.165, 1.54) is 0 Å². The number of rotatable bonds is 2. The maximum absolute atomic E-state index is 12.2. The zero-order valence-corrected chi connectivity index (χ0v) is 9.30. The number of carbonyl (C=O) groups excluding carboxylic acids is 1. The van der Waals surface area contributed by atoms with E-state index in [9.17, 15) is 26.4 Å². The highest BCUT2D eigenvalue weighted by Gasteiger charge is 2.46. The van der Waals surface area contributed by atoms with Crippen LogP contribution in [-0.2, 0) is 14.6 Å². The monoisotopic (exact) mass is 268 g/mol. The highest BCUT2D eigenvalue weighted by molar-refractivity contribution is 7.92. The highest BCUT2D eigenvalue weighted by Crippen LogP contribution is 2.30. The molecule has 0 N–H and O–H groups in total. The molecule has 17 heavy (non-hydrogen) atoms. The zero-order chi connectivity index (χ0) is 13.3. The maximum Gasteiger partial charge on any atom is 0.501 e. The zero-order valence-electron chi connectivity index (χ0n) is 8.48. The minimum Gasteiger partial charge on any atom is -0.427 e. The van der Waals surface area contributed by atoms with Gasteiger partial charge in [0, 0.05) is 6.92 Å². The van der Waals surface area contributed by atoms with Crippen LogP contribution in [0.1, 0.15) is 6.92 Å². The Morgan fingerprint density at radius 1 is 1.18 bits per heavy atom. The summed E-state index contributed by atoms with van der Waals surface area (Å²) in [6.07, 6.45) is 0. The summed E-state index contributed by atoms with van der Waals surface area (Å²) < 4.78 is 62.9. The first kappa shape index (κ1) is 13.5. The molecule has 0 unspecified atom stereocenters. The fourth-order valence-corrected chi connectivity index (χ4v) is 1.75. The lowest BCUT2D eigenvalue weighted by Crippen LogP contribution is -2.23. The molecule has 1 aromatic rings. The third-order valence-corrected chi connectivity index (χ3v) is 3.20. The van der Waals surface area contributed by atoms with Gasteiger partial charge in [-0.25, -0.2) is 8.42 Å². The maximum atomic E-state index is 12.2. The van der Waals surface area contributed by atoms with Gasteiger partial charge in [-0.1, -0.05) is 0 Å². The molecule has 94 valence electrons. The molecule has 0 aliphatic carbocycles. The average molecular weight is 268 g/mol. The molecule has 4 nitrogen and oxygen atoms in total. The fraction of sp³-hybridized carbons (Fsp3) is 0.222. The molecule has 0 aliphatic rings. The van der Waals surface area contributed by atoms with Gasteiger partial charge in [-0.2, -0.15) is 13.2 Å². The number of carbonyl (C=O) groups is 1. The van der Waals surface area contributed by atoms with Crippen molar-refractivity contribution < 1.29 is 31.1 Å². The van der Waals surface area contributed by atoms with Gasteiger partial charge in [0.15, 0.2) is 0 Å². The Hall–Kier alpha value is -1.57. The summed E-state index contributed by atoms with van der Waals surface area (Å²) in [4.78, 5) is 9.63. The van der Waals surface area contributed by atoms with Gasteiger partial charge in [-0.15, -0.1) is 0 Å². The van der Waals surface area contributed by atoms with Gasteiger partial charge >= 0.3 is 11.5 Å². The Bertz CT molecular complexity index is 516. The number of hydrogen-bond donors (Lipinski definition) is 0. The molecule has 0 aliphatic heterocycles. The SMILES string of the molecule is CC(=O)Oc1ccc(S(=O)(=O)C(F)(F)F)cc1. The molecule has 0 saturated carbocycles. The van der Waals surface area contributed by atoms with Gasteiger partial charge in [0.05, 0.1) is 4.90 Å². The molecule has 0 heterocycles. The number of benzene rings is 1. The Labute approximate surface area is 94.9 Å². The molecule has 1 aromatic carbocycles. The van der Waals surface area contributed by atoms with Crippen LogP contribution in [0.25, 0.3) is 0 Å². The van der Waals surface area contributed by atoms with Crippen molar-refractivity contribution in [1.29, 1.82) is 0 Å². The van der Waals surface area contributed by atoms with Crippen LogP contribution in [0.5, 0.6) is 5.75 Å². The van der Waals surface area contributed by atoms with E-state index in [2.05, 4.69) is 4.74 Å². The van der Waals surface area contributed by atoms with Gasteiger partial charge < -0.3 is 4.74 Å². The lowest BCUT2D eigenvalue weighted by Gasteiger charge is -2.08. The van der Waals surface area contributed by atoms with Crippen LogP contribution in [0.15, 0.2) is 29.2 Å². The summed E-state index contributed by atoms with van der Waals surface area (Å²) in [6, 6.07) is 3.39. The second-order valence-electron chi connectivity index (χ2n) is 3.01. The Morgan fingerprint density at radius 2 is 1.65 bits per heavy atom. The summed E-state index contributed by atoms with van der Waals surface area (Å²) in [5.41, 5.74) is -5.35. The van der Waals surface area contributed by atoms with Crippen LogP contribution < -0.4 is 4.74 Å². The Kier molecular flexibility index (Phi) is 3.46. The molecule has 0 spiro atoms. The standard InChI is InChI=1S/C9H7F3O4S/c1-6(13)16-7-2-4-8(5-3-7)17(14,15)9(10,11)12/h2-5H,1H3. The molecular formula is C9H7F3O4S. The largest absolute Gasteiger partial charge is 0.501 e. The quantitative estimate of drug-likeness (QED) is 0.607. The van der Waals surface area contributed by atoms with Crippen molar-refractivity contribution in [2.45, 2.75) is 17.3 Å². The first-order chi connectivity index (χ1) is 7.64. The van der Waals surface area contributed by atoms with E-state index in [4.69, 9.17) is 0 Å². The lowest BCUT2D eigenvalue weighted by atomic mass is 10.3. The summed E-state index contributed by atoms with van der Waals surface area (Å²) in [5, 5.41) is 0. The van der Waals surface area contributed by atoms with E-state index in [0.29, 0.717) is 0 Å². The van der Waals surface area contributed by atoms with E-state index in [1.807, 2.05) is 0 Å². The minimum absolute atomic E-state index is 0.0291. The number of hydrogen-bond acceptors (Lipinski definition) is 4. The molecule has 8 heteroatoms.